The number of carbonyl (C=O) groups is 1. The van der Waals surface area contributed by atoms with Crippen molar-refractivity contribution in [3.63, 3.8) is 0 Å². The fraction of sp³-hybridized carbons (Fsp3) is 0.292. The molecule has 0 aliphatic heterocycles. The van der Waals surface area contributed by atoms with Crippen LogP contribution in [0.2, 0.25) is 0 Å². The van der Waals surface area contributed by atoms with Crippen LogP contribution in [0.3, 0.4) is 0 Å². The summed E-state index contributed by atoms with van der Waals surface area (Å²) >= 11 is 0. The van der Waals surface area contributed by atoms with E-state index in [1.807, 2.05) is 0 Å². The van der Waals surface area contributed by atoms with Crippen molar-refractivity contribution in [1.82, 2.24) is 9.97 Å². The van der Waals surface area contributed by atoms with Crippen molar-refractivity contribution >= 4 is 17.6 Å². The highest BCUT2D eigenvalue weighted by molar-refractivity contribution is 5.69. The molecule has 1 aromatic heterocycles. The summed E-state index contributed by atoms with van der Waals surface area (Å²) in [5.41, 5.74) is 0.491. The smallest absolute Gasteiger partial charge is 0.416 e. The molecule has 2 atom stereocenters. The van der Waals surface area contributed by atoms with Gasteiger partial charge >= 0.3 is 12.1 Å². The summed E-state index contributed by atoms with van der Waals surface area (Å²) < 4.78 is 54.1. The van der Waals surface area contributed by atoms with E-state index in [4.69, 9.17) is 0 Å². The fourth-order valence-electron chi connectivity index (χ4n) is 3.78. The maximum atomic E-state index is 15.3. The van der Waals surface area contributed by atoms with Crippen LogP contribution in [0.15, 0.2) is 60.9 Å². The Morgan fingerprint density at radius 2 is 1.59 bits per heavy atom. The molecule has 10 heteroatoms. The number of halogens is 4. The predicted octanol–water partition coefficient (Wildman–Crippen LogP) is 5.83. The zero-order valence-corrected chi connectivity index (χ0v) is 17.9. The van der Waals surface area contributed by atoms with Gasteiger partial charge in [-0.05, 0) is 42.0 Å². The third-order valence-corrected chi connectivity index (χ3v) is 5.66. The normalized spacial score (nSPS) is 15.4. The highest BCUT2D eigenvalue weighted by atomic mass is 19.4. The molecule has 1 aliphatic carbocycles. The molecule has 0 amide bonds. The maximum Gasteiger partial charge on any atom is 0.416 e. The van der Waals surface area contributed by atoms with Crippen LogP contribution in [-0.2, 0) is 11.0 Å². The van der Waals surface area contributed by atoms with E-state index in [-0.39, 0.29) is 24.0 Å². The van der Waals surface area contributed by atoms with Gasteiger partial charge in [0.15, 0.2) is 11.6 Å². The third-order valence-electron chi connectivity index (χ3n) is 5.66. The Morgan fingerprint density at radius 1 is 0.971 bits per heavy atom. The molecule has 3 aromatic rings. The molecule has 1 fully saturated rings. The average Bonchev–Trinajstić information content (AvgIpc) is 3.64. The minimum atomic E-state index is -4.44. The number of nitrogens with zero attached hydrogens (tertiary/aromatic N) is 2. The Balaban J connectivity index is 1.57. The van der Waals surface area contributed by atoms with Crippen LogP contribution in [0.4, 0.5) is 29.2 Å². The van der Waals surface area contributed by atoms with Crippen LogP contribution in [0.25, 0.3) is 0 Å². The molecule has 4 rings (SSSR count). The number of benzene rings is 2. The average molecular weight is 474 g/mol. The van der Waals surface area contributed by atoms with E-state index in [2.05, 4.69) is 20.6 Å². The summed E-state index contributed by atoms with van der Waals surface area (Å²) in [6, 6.07) is 12.4. The number of nitrogens with one attached hydrogen (secondary N) is 2. The molecule has 0 spiro atoms. The molecule has 0 bridgehead atoms. The van der Waals surface area contributed by atoms with E-state index in [9.17, 15) is 23.1 Å². The second-order valence-electron chi connectivity index (χ2n) is 8.17. The topological polar surface area (TPSA) is 87.1 Å². The Hall–Kier alpha value is -3.69. The van der Waals surface area contributed by atoms with Crippen molar-refractivity contribution in [3.05, 3.63) is 83.4 Å². The van der Waals surface area contributed by atoms with Gasteiger partial charge in [-0.3, -0.25) is 4.79 Å². The molecule has 178 valence electrons. The van der Waals surface area contributed by atoms with Gasteiger partial charge in [0.1, 0.15) is 6.33 Å². The maximum absolute atomic E-state index is 15.3. The lowest BCUT2D eigenvalue weighted by Crippen LogP contribution is -2.19. The molecule has 1 heterocycles. The second-order valence-corrected chi connectivity index (χ2v) is 8.17. The molecular formula is C24H22F4N4O2. The summed E-state index contributed by atoms with van der Waals surface area (Å²) in [7, 11) is 0. The highest BCUT2D eigenvalue weighted by Gasteiger charge is 2.35. The molecule has 0 saturated heterocycles. The molecule has 3 N–H and O–H groups in total. The standard InChI is InChI=1S/C24H22F4N4O2/c25-20-22(31-18(12-19(33)34)14-4-2-1-3-5-14)29-13-30-23(20)32-21(15-6-7-15)16-8-10-17(11-9-16)24(26,27)28/h1-5,8-11,13,15,18,21H,6-7,12H2,(H,33,34)(H2,29,30,31,32)/t18-,21?/m0/s1. The lowest BCUT2D eigenvalue weighted by atomic mass is 10.0. The van der Waals surface area contributed by atoms with Crippen LogP contribution >= 0.6 is 0 Å². The van der Waals surface area contributed by atoms with Gasteiger partial charge in [-0.1, -0.05) is 42.5 Å². The largest absolute Gasteiger partial charge is 0.481 e. The second kappa shape index (κ2) is 9.66. The Bertz CT molecular complexity index is 1140. The van der Waals surface area contributed by atoms with Crippen molar-refractivity contribution < 1.29 is 27.5 Å². The fourth-order valence-corrected chi connectivity index (χ4v) is 3.78. The molecule has 34 heavy (non-hydrogen) atoms. The quantitative estimate of drug-likeness (QED) is 0.339. The molecule has 6 nitrogen and oxygen atoms in total. The summed E-state index contributed by atoms with van der Waals surface area (Å²) in [5.74, 6) is -2.02. The number of alkyl halides is 3. The predicted molar refractivity (Wildman–Crippen MR) is 118 cm³/mol. The lowest BCUT2D eigenvalue weighted by Gasteiger charge is -2.22. The van der Waals surface area contributed by atoms with Crippen LogP contribution in [0.5, 0.6) is 0 Å². The SMILES string of the molecule is O=C(O)C[C@H](Nc1ncnc(NC(c2ccc(C(F)(F)F)cc2)C2CC2)c1F)c1ccccc1. The van der Waals surface area contributed by atoms with Crippen LogP contribution in [0.1, 0.15) is 48.0 Å². The van der Waals surface area contributed by atoms with E-state index in [0.29, 0.717) is 11.1 Å². The Morgan fingerprint density at radius 3 is 2.15 bits per heavy atom. The van der Waals surface area contributed by atoms with Gasteiger partial charge in [0.2, 0.25) is 5.82 Å². The summed E-state index contributed by atoms with van der Waals surface area (Å²) in [5, 5.41) is 15.1. The Labute approximate surface area is 193 Å². The van der Waals surface area contributed by atoms with Crippen molar-refractivity contribution in [3.8, 4) is 0 Å². The first-order valence-corrected chi connectivity index (χ1v) is 10.7. The van der Waals surface area contributed by atoms with Gasteiger partial charge in [0.05, 0.1) is 24.1 Å². The number of anilines is 2. The zero-order chi connectivity index (χ0) is 24.3. The molecule has 0 radical (unpaired) electrons. The first-order valence-electron chi connectivity index (χ1n) is 10.7. The molecular weight excluding hydrogens is 452 g/mol. The highest BCUT2D eigenvalue weighted by Crippen LogP contribution is 2.43. The first kappa shape index (κ1) is 23.5. The number of aromatic nitrogens is 2. The Kier molecular flexibility index (Phi) is 6.67. The van der Waals surface area contributed by atoms with Crippen molar-refractivity contribution in [1.29, 1.82) is 0 Å². The monoisotopic (exact) mass is 474 g/mol. The van der Waals surface area contributed by atoms with E-state index < -0.39 is 35.6 Å². The third kappa shape index (κ3) is 5.62. The molecule has 1 aliphatic rings. The zero-order valence-electron chi connectivity index (χ0n) is 17.9. The number of hydrogen-bond donors (Lipinski definition) is 3. The van der Waals surface area contributed by atoms with Gasteiger partial charge in [-0.25, -0.2) is 9.97 Å². The van der Waals surface area contributed by atoms with Crippen molar-refractivity contribution in [2.24, 2.45) is 5.92 Å². The van der Waals surface area contributed by atoms with E-state index in [0.717, 1.165) is 31.3 Å². The van der Waals surface area contributed by atoms with Crippen molar-refractivity contribution in [2.75, 3.05) is 10.6 Å². The molecule has 1 unspecified atom stereocenters. The van der Waals surface area contributed by atoms with E-state index in [1.165, 1.54) is 12.1 Å². The molecule has 1 saturated carbocycles. The number of carboxylic acids is 1. The number of hydrogen-bond acceptors (Lipinski definition) is 5. The summed E-state index contributed by atoms with van der Waals surface area (Å²) in [4.78, 5) is 19.3. The van der Waals surface area contributed by atoms with Gasteiger partial charge in [0.25, 0.3) is 0 Å². The number of aliphatic carboxylic acids is 1. The van der Waals surface area contributed by atoms with Gasteiger partial charge in [-0.15, -0.1) is 0 Å². The summed E-state index contributed by atoms with van der Waals surface area (Å²) in [6.07, 6.45) is -1.89. The minimum Gasteiger partial charge on any atom is -0.481 e. The molecule has 2 aromatic carbocycles. The van der Waals surface area contributed by atoms with E-state index >= 15 is 4.39 Å². The van der Waals surface area contributed by atoms with Crippen molar-refractivity contribution in [2.45, 2.75) is 37.5 Å². The lowest BCUT2D eigenvalue weighted by molar-refractivity contribution is -0.138. The summed E-state index contributed by atoms with van der Waals surface area (Å²) in [6.45, 7) is 0. The first-order chi connectivity index (χ1) is 16.2. The van der Waals surface area contributed by atoms with Crippen LogP contribution < -0.4 is 10.6 Å². The number of rotatable bonds is 9. The minimum absolute atomic E-state index is 0.114. The van der Waals surface area contributed by atoms with Gasteiger partial charge < -0.3 is 15.7 Å². The number of carboxylic acid groups (broad SMARTS) is 1. The van der Waals surface area contributed by atoms with Crippen LogP contribution in [0, 0.1) is 11.7 Å². The van der Waals surface area contributed by atoms with Gasteiger partial charge in [0, 0.05) is 0 Å². The van der Waals surface area contributed by atoms with Crippen LogP contribution in [-0.4, -0.2) is 21.0 Å². The van der Waals surface area contributed by atoms with Gasteiger partial charge in [-0.2, -0.15) is 17.6 Å². The van der Waals surface area contributed by atoms with E-state index in [1.54, 1.807) is 30.3 Å².